The van der Waals surface area contributed by atoms with Gasteiger partial charge in [-0.05, 0) is 59.2 Å². The van der Waals surface area contributed by atoms with Crippen molar-refractivity contribution in [3.8, 4) is 17.6 Å². The Balaban J connectivity index is 1.81. The molecule has 2 N–H and O–H groups in total. The number of rotatable bonds is 8. The van der Waals surface area contributed by atoms with Gasteiger partial charge in [-0.3, -0.25) is 0 Å². The van der Waals surface area contributed by atoms with Crippen LogP contribution in [0.25, 0.3) is 11.6 Å². The molecular weight excluding hydrogens is 410 g/mol. The van der Waals surface area contributed by atoms with Crippen LogP contribution in [0, 0.1) is 11.3 Å². The van der Waals surface area contributed by atoms with Gasteiger partial charge < -0.3 is 19.7 Å². The number of benzene rings is 3. The summed E-state index contributed by atoms with van der Waals surface area (Å²) in [6, 6.07) is 19.8. The summed E-state index contributed by atoms with van der Waals surface area (Å²) < 4.78 is 11.2. The minimum Gasteiger partial charge on any atom is -0.493 e. The SMILES string of the molecule is COc1cc(/C=C(/C#N)c2ccc(C(=O)O)cc2)ccc1OCc1cccc(C(=O)O)c1. The van der Waals surface area contributed by atoms with Crippen molar-refractivity contribution in [2.24, 2.45) is 0 Å². The summed E-state index contributed by atoms with van der Waals surface area (Å²) in [5, 5.41) is 27.7. The maximum atomic E-state index is 11.1. The van der Waals surface area contributed by atoms with Crippen LogP contribution < -0.4 is 9.47 Å². The van der Waals surface area contributed by atoms with Crippen LogP contribution in [0.3, 0.4) is 0 Å². The molecule has 0 heterocycles. The Morgan fingerprint density at radius 2 is 1.59 bits per heavy atom. The van der Waals surface area contributed by atoms with Gasteiger partial charge in [0.15, 0.2) is 11.5 Å². The predicted octanol–water partition coefficient (Wildman–Crippen LogP) is 4.73. The number of nitrogens with zero attached hydrogens (tertiary/aromatic N) is 1. The predicted molar refractivity (Wildman–Crippen MR) is 118 cm³/mol. The van der Waals surface area contributed by atoms with Crippen LogP contribution >= 0.6 is 0 Å². The zero-order valence-corrected chi connectivity index (χ0v) is 17.1. The van der Waals surface area contributed by atoms with Crippen LogP contribution in [-0.2, 0) is 6.61 Å². The largest absolute Gasteiger partial charge is 0.493 e. The second kappa shape index (κ2) is 9.96. The average molecular weight is 429 g/mol. The fraction of sp³-hybridized carbons (Fsp3) is 0.0800. The Morgan fingerprint density at radius 3 is 2.22 bits per heavy atom. The normalized spacial score (nSPS) is 10.8. The Morgan fingerprint density at radius 1 is 0.906 bits per heavy atom. The lowest BCUT2D eigenvalue weighted by molar-refractivity contribution is 0.0686. The van der Waals surface area contributed by atoms with Crippen LogP contribution in [-0.4, -0.2) is 29.3 Å². The first-order valence-electron chi connectivity index (χ1n) is 9.50. The molecule has 32 heavy (non-hydrogen) atoms. The van der Waals surface area contributed by atoms with Crippen molar-refractivity contribution in [1.29, 1.82) is 5.26 Å². The van der Waals surface area contributed by atoms with Crippen molar-refractivity contribution in [1.82, 2.24) is 0 Å². The average Bonchev–Trinajstić information content (AvgIpc) is 2.81. The van der Waals surface area contributed by atoms with Crippen molar-refractivity contribution < 1.29 is 29.3 Å². The fourth-order valence-corrected chi connectivity index (χ4v) is 2.99. The third kappa shape index (κ3) is 5.32. The van der Waals surface area contributed by atoms with Crippen molar-refractivity contribution in [3.63, 3.8) is 0 Å². The fourth-order valence-electron chi connectivity index (χ4n) is 2.99. The molecule has 0 aromatic heterocycles. The molecule has 0 aliphatic rings. The number of ether oxygens (including phenoxy) is 2. The smallest absolute Gasteiger partial charge is 0.335 e. The molecule has 0 aliphatic carbocycles. The van der Waals surface area contributed by atoms with E-state index in [2.05, 4.69) is 6.07 Å². The molecule has 7 heteroatoms. The van der Waals surface area contributed by atoms with Crippen LogP contribution in [0.5, 0.6) is 11.5 Å². The third-order valence-electron chi connectivity index (χ3n) is 4.63. The first kappa shape index (κ1) is 22.1. The molecule has 0 saturated heterocycles. The van der Waals surface area contributed by atoms with E-state index in [9.17, 15) is 14.9 Å². The quantitative estimate of drug-likeness (QED) is 0.392. The first-order chi connectivity index (χ1) is 15.4. The van der Waals surface area contributed by atoms with Gasteiger partial charge in [0.25, 0.3) is 0 Å². The van der Waals surface area contributed by atoms with Crippen LogP contribution in [0.2, 0.25) is 0 Å². The Bertz CT molecular complexity index is 1220. The highest BCUT2D eigenvalue weighted by atomic mass is 16.5. The standard InChI is InChI=1S/C25H19NO6/c1-31-23-13-16(11-21(14-26)18-6-8-19(9-7-18)24(27)28)5-10-22(23)32-15-17-3-2-4-20(12-17)25(29)30/h2-13H,15H2,1H3,(H,27,28)(H,29,30)/b21-11-. The maximum absolute atomic E-state index is 11.1. The van der Waals surface area contributed by atoms with Gasteiger partial charge in [0.2, 0.25) is 0 Å². The molecule has 0 aliphatic heterocycles. The van der Waals surface area contributed by atoms with Gasteiger partial charge in [0.1, 0.15) is 6.61 Å². The molecule has 3 aromatic carbocycles. The highest BCUT2D eigenvalue weighted by Gasteiger charge is 2.09. The summed E-state index contributed by atoms with van der Waals surface area (Å²) in [5.41, 5.74) is 2.67. The first-order valence-corrected chi connectivity index (χ1v) is 9.50. The molecule has 3 rings (SSSR count). The highest BCUT2D eigenvalue weighted by Crippen LogP contribution is 2.30. The Kier molecular flexibility index (Phi) is 6.88. The van der Waals surface area contributed by atoms with Crippen molar-refractivity contribution in [2.45, 2.75) is 6.61 Å². The van der Waals surface area contributed by atoms with E-state index in [0.29, 0.717) is 33.8 Å². The van der Waals surface area contributed by atoms with Gasteiger partial charge in [-0.1, -0.05) is 30.3 Å². The molecule has 160 valence electrons. The second-order valence-corrected chi connectivity index (χ2v) is 6.76. The van der Waals surface area contributed by atoms with E-state index in [1.54, 1.807) is 54.6 Å². The van der Waals surface area contributed by atoms with Crippen molar-refractivity contribution in [2.75, 3.05) is 7.11 Å². The number of carboxylic acids is 2. The van der Waals surface area contributed by atoms with Crippen LogP contribution in [0.1, 0.15) is 37.4 Å². The van der Waals surface area contributed by atoms with E-state index in [0.717, 1.165) is 0 Å². The van der Waals surface area contributed by atoms with Crippen LogP contribution in [0.15, 0.2) is 66.7 Å². The summed E-state index contributed by atoms with van der Waals surface area (Å²) in [6.07, 6.45) is 1.67. The number of hydrogen-bond donors (Lipinski definition) is 2. The molecule has 0 saturated carbocycles. The second-order valence-electron chi connectivity index (χ2n) is 6.76. The molecule has 7 nitrogen and oxygen atoms in total. The van der Waals surface area contributed by atoms with Gasteiger partial charge in [0.05, 0.1) is 29.9 Å². The van der Waals surface area contributed by atoms with E-state index in [-0.39, 0.29) is 17.7 Å². The number of aromatic carboxylic acids is 2. The number of carbonyl (C=O) groups is 2. The van der Waals surface area contributed by atoms with E-state index >= 15 is 0 Å². The summed E-state index contributed by atoms with van der Waals surface area (Å²) in [7, 11) is 1.50. The Hall–Kier alpha value is -4.57. The van der Waals surface area contributed by atoms with Gasteiger partial charge in [-0.2, -0.15) is 5.26 Å². The molecule has 0 amide bonds. The van der Waals surface area contributed by atoms with Gasteiger partial charge >= 0.3 is 11.9 Å². The zero-order valence-electron chi connectivity index (χ0n) is 17.1. The van der Waals surface area contributed by atoms with Crippen molar-refractivity contribution in [3.05, 3.63) is 94.5 Å². The third-order valence-corrected chi connectivity index (χ3v) is 4.63. The number of allylic oxidation sites excluding steroid dienone is 1. The summed E-state index contributed by atoms with van der Waals surface area (Å²) in [4.78, 5) is 22.1. The minimum atomic E-state index is -1.03. The maximum Gasteiger partial charge on any atom is 0.335 e. The van der Waals surface area contributed by atoms with Crippen molar-refractivity contribution >= 4 is 23.6 Å². The van der Waals surface area contributed by atoms with Gasteiger partial charge in [-0.25, -0.2) is 9.59 Å². The minimum absolute atomic E-state index is 0.142. The van der Waals surface area contributed by atoms with E-state index < -0.39 is 11.9 Å². The van der Waals surface area contributed by atoms with Crippen LogP contribution in [0.4, 0.5) is 0 Å². The number of nitriles is 1. The molecule has 0 radical (unpaired) electrons. The molecule has 3 aromatic rings. The molecular formula is C25H19NO6. The molecule has 0 bridgehead atoms. The van der Waals surface area contributed by atoms with E-state index in [1.807, 2.05) is 0 Å². The number of hydrogen-bond acceptors (Lipinski definition) is 5. The Labute approximate surface area is 184 Å². The summed E-state index contributed by atoms with van der Waals surface area (Å²) >= 11 is 0. The molecule has 0 atom stereocenters. The highest BCUT2D eigenvalue weighted by molar-refractivity contribution is 5.92. The summed E-state index contributed by atoms with van der Waals surface area (Å²) in [5.74, 6) is -1.12. The molecule has 0 fully saturated rings. The number of carboxylic acid groups (broad SMARTS) is 2. The topological polar surface area (TPSA) is 117 Å². The molecule has 0 spiro atoms. The van der Waals surface area contributed by atoms with E-state index in [1.165, 1.54) is 25.3 Å². The monoisotopic (exact) mass is 429 g/mol. The zero-order chi connectivity index (χ0) is 23.1. The number of methoxy groups -OCH3 is 1. The lowest BCUT2D eigenvalue weighted by atomic mass is 10.0. The van der Waals surface area contributed by atoms with E-state index in [4.69, 9.17) is 19.7 Å². The summed E-state index contributed by atoms with van der Waals surface area (Å²) in [6.45, 7) is 0.159. The lowest BCUT2D eigenvalue weighted by Crippen LogP contribution is -2.01. The molecule has 0 unspecified atom stereocenters. The lowest BCUT2D eigenvalue weighted by Gasteiger charge is -2.12. The van der Waals surface area contributed by atoms with Gasteiger partial charge in [-0.15, -0.1) is 0 Å². The van der Waals surface area contributed by atoms with Gasteiger partial charge in [0, 0.05) is 0 Å².